The van der Waals surface area contributed by atoms with E-state index in [1.807, 2.05) is 12.1 Å². The van der Waals surface area contributed by atoms with Crippen LogP contribution in [-0.4, -0.2) is 42.0 Å². The van der Waals surface area contributed by atoms with Crippen LogP contribution in [0.2, 0.25) is 0 Å². The first-order valence-corrected chi connectivity index (χ1v) is 8.91. The number of hydrogen-bond acceptors (Lipinski definition) is 2. The molecule has 0 N–H and O–H groups in total. The number of likely N-dealkylation sites (tertiary alicyclic amines) is 2. The molecule has 2 unspecified atom stereocenters. The molecular weight excluding hydrogens is 275 g/mol. The van der Waals surface area contributed by atoms with Crippen molar-refractivity contribution in [1.82, 2.24) is 9.80 Å². The summed E-state index contributed by atoms with van der Waals surface area (Å²) in [5.41, 5.74) is 1.10. The van der Waals surface area contributed by atoms with E-state index in [1.165, 1.54) is 57.8 Å². The molecule has 3 rings (SSSR count). The number of rotatable bonds is 4. The maximum Gasteiger partial charge on any atom is 0.123 e. The zero-order valence-corrected chi connectivity index (χ0v) is 13.8. The molecule has 122 valence electrons. The Hall–Kier alpha value is -0.930. The van der Waals surface area contributed by atoms with E-state index in [4.69, 9.17) is 0 Å². The first-order valence-electron chi connectivity index (χ1n) is 8.91. The highest BCUT2D eigenvalue weighted by molar-refractivity contribution is 5.16. The summed E-state index contributed by atoms with van der Waals surface area (Å²) < 4.78 is 13.3. The van der Waals surface area contributed by atoms with Crippen molar-refractivity contribution in [1.29, 1.82) is 0 Å². The van der Waals surface area contributed by atoms with Crippen molar-refractivity contribution in [2.45, 2.75) is 51.6 Å². The molecule has 0 saturated carbocycles. The van der Waals surface area contributed by atoms with Gasteiger partial charge in [-0.1, -0.05) is 18.6 Å². The zero-order valence-electron chi connectivity index (χ0n) is 13.8. The Balaban J connectivity index is 1.52. The Morgan fingerprint density at radius 3 is 2.86 bits per heavy atom. The summed E-state index contributed by atoms with van der Waals surface area (Å²) in [5, 5.41) is 0. The predicted molar refractivity (Wildman–Crippen MR) is 89.3 cm³/mol. The second-order valence-electron chi connectivity index (χ2n) is 7.21. The molecule has 1 aromatic rings. The van der Waals surface area contributed by atoms with Gasteiger partial charge >= 0.3 is 0 Å². The lowest BCUT2D eigenvalue weighted by Crippen LogP contribution is -2.45. The summed E-state index contributed by atoms with van der Waals surface area (Å²) in [7, 11) is 0. The topological polar surface area (TPSA) is 6.48 Å². The minimum Gasteiger partial charge on any atom is -0.300 e. The summed E-state index contributed by atoms with van der Waals surface area (Å²) >= 11 is 0. The summed E-state index contributed by atoms with van der Waals surface area (Å²) in [6.07, 6.45) is 6.75. The van der Waals surface area contributed by atoms with Gasteiger partial charge in [0, 0.05) is 25.7 Å². The molecule has 0 spiro atoms. The lowest BCUT2D eigenvalue weighted by molar-refractivity contribution is 0.0912. The largest absolute Gasteiger partial charge is 0.300 e. The monoisotopic (exact) mass is 304 g/mol. The van der Waals surface area contributed by atoms with E-state index in [0.717, 1.165) is 30.6 Å². The number of nitrogens with zero attached hydrogens (tertiary/aromatic N) is 2. The van der Waals surface area contributed by atoms with Gasteiger partial charge in [0.15, 0.2) is 0 Å². The first kappa shape index (κ1) is 15.9. The van der Waals surface area contributed by atoms with Crippen molar-refractivity contribution in [3.8, 4) is 0 Å². The Bertz CT molecular complexity index is 476. The number of benzene rings is 1. The minimum atomic E-state index is -0.117. The molecule has 0 radical (unpaired) electrons. The van der Waals surface area contributed by atoms with Crippen molar-refractivity contribution in [2.75, 3.05) is 26.2 Å². The molecule has 2 atom stereocenters. The van der Waals surface area contributed by atoms with Gasteiger partial charge in [-0.3, -0.25) is 4.90 Å². The smallest absolute Gasteiger partial charge is 0.123 e. The number of hydrogen-bond donors (Lipinski definition) is 0. The average Bonchev–Trinajstić information content (AvgIpc) is 2.50. The molecule has 2 fully saturated rings. The predicted octanol–water partition coefficient (Wildman–Crippen LogP) is 3.91. The molecule has 0 amide bonds. The highest BCUT2D eigenvalue weighted by Gasteiger charge is 2.25. The second kappa shape index (κ2) is 7.56. The van der Waals surface area contributed by atoms with Gasteiger partial charge in [0.1, 0.15) is 5.82 Å². The van der Waals surface area contributed by atoms with Crippen LogP contribution >= 0.6 is 0 Å². The van der Waals surface area contributed by atoms with E-state index in [-0.39, 0.29) is 5.82 Å². The van der Waals surface area contributed by atoms with Crippen LogP contribution in [0.4, 0.5) is 4.39 Å². The fourth-order valence-corrected chi connectivity index (χ4v) is 4.10. The van der Waals surface area contributed by atoms with E-state index >= 15 is 0 Å². The highest BCUT2D eigenvalue weighted by atomic mass is 19.1. The summed E-state index contributed by atoms with van der Waals surface area (Å²) in [6, 6.07) is 7.82. The molecule has 2 nitrogen and oxygen atoms in total. The Morgan fingerprint density at radius 1 is 1.14 bits per heavy atom. The molecule has 2 aliphatic heterocycles. The molecule has 0 bridgehead atoms. The van der Waals surface area contributed by atoms with Gasteiger partial charge in [0.25, 0.3) is 0 Å². The van der Waals surface area contributed by atoms with Gasteiger partial charge in [0.05, 0.1) is 0 Å². The van der Waals surface area contributed by atoms with E-state index < -0.39 is 0 Å². The molecule has 0 aromatic heterocycles. The van der Waals surface area contributed by atoms with Crippen LogP contribution in [0.15, 0.2) is 24.3 Å². The van der Waals surface area contributed by atoms with E-state index in [0.29, 0.717) is 0 Å². The second-order valence-corrected chi connectivity index (χ2v) is 7.21. The summed E-state index contributed by atoms with van der Waals surface area (Å²) in [4.78, 5) is 5.21. The summed E-state index contributed by atoms with van der Waals surface area (Å²) in [5.74, 6) is 0.663. The van der Waals surface area contributed by atoms with Gasteiger partial charge in [0.2, 0.25) is 0 Å². The van der Waals surface area contributed by atoms with Gasteiger partial charge in [-0.25, -0.2) is 4.39 Å². The van der Waals surface area contributed by atoms with Gasteiger partial charge in [-0.2, -0.15) is 0 Å². The van der Waals surface area contributed by atoms with Gasteiger partial charge in [-0.15, -0.1) is 0 Å². The van der Waals surface area contributed by atoms with Crippen LogP contribution in [0, 0.1) is 11.7 Å². The molecule has 0 aliphatic carbocycles. The van der Waals surface area contributed by atoms with Crippen LogP contribution in [0.5, 0.6) is 0 Å². The molecule has 2 saturated heterocycles. The maximum absolute atomic E-state index is 13.3. The fraction of sp³-hybridized carbons (Fsp3) is 0.684. The lowest BCUT2D eigenvalue weighted by atomic mass is 9.94. The van der Waals surface area contributed by atoms with E-state index in [2.05, 4.69) is 16.7 Å². The third-order valence-corrected chi connectivity index (χ3v) is 5.33. The third-order valence-electron chi connectivity index (χ3n) is 5.33. The van der Waals surface area contributed by atoms with Crippen molar-refractivity contribution in [3.63, 3.8) is 0 Å². The molecule has 1 aromatic carbocycles. The normalized spacial score (nSPS) is 27.9. The third kappa shape index (κ3) is 4.30. The van der Waals surface area contributed by atoms with Crippen molar-refractivity contribution in [2.24, 2.45) is 5.92 Å². The molecule has 2 aliphatic rings. The quantitative estimate of drug-likeness (QED) is 0.832. The molecule has 3 heteroatoms. The fourth-order valence-electron chi connectivity index (χ4n) is 4.10. The van der Waals surface area contributed by atoms with Crippen molar-refractivity contribution >= 4 is 0 Å². The maximum atomic E-state index is 13.3. The van der Waals surface area contributed by atoms with Crippen molar-refractivity contribution in [3.05, 3.63) is 35.6 Å². The highest BCUT2D eigenvalue weighted by Crippen LogP contribution is 2.23. The van der Waals surface area contributed by atoms with Crippen LogP contribution in [0.1, 0.15) is 44.6 Å². The number of piperidine rings is 2. The average molecular weight is 304 g/mol. The first-order chi connectivity index (χ1) is 10.7. The molecular formula is C19H29FN2. The Labute approximate surface area is 134 Å². The van der Waals surface area contributed by atoms with Crippen LogP contribution in [0.3, 0.4) is 0 Å². The van der Waals surface area contributed by atoms with E-state index in [9.17, 15) is 4.39 Å². The minimum absolute atomic E-state index is 0.117. The number of halogens is 1. The van der Waals surface area contributed by atoms with Crippen LogP contribution in [-0.2, 0) is 6.54 Å². The van der Waals surface area contributed by atoms with Gasteiger partial charge < -0.3 is 4.90 Å². The molecule has 2 heterocycles. The standard InChI is InChI=1S/C19H29FN2/c1-16-6-2-3-11-22(16)15-18-8-5-10-21(14-18)13-17-7-4-9-19(20)12-17/h4,7,9,12,16,18H,2-3,5-6,8,10-11,13-15H2,1H3. The summed E-state index contributed by atoms with van der Waals surface area (Å²) in [6.45, 7) is 8.13. The van der Waals surface area contributed by atoms with E-state index in [1.54, 1.807) is 6.07 Å². The van der Waals surface area contributed by atoms with Gasteiger partial charge in [-0.05, 0) is 69.3 Å². The zero-order chi connectivity index (χ0) is 15.4. The molecule has 22 heavy (non-hydrogen) atoms. The Morgan fingerprint density at radius 2 is 2.05 bits per heavy atom. The van der Waals surface area contributed by atoms with Crippen LogP contribution in [0.25, 0.3) is 0 Å². The Kier molecular flexibility index (Phi) is 5.48. The van der Waals surface area contributed by atoms with Crippen LogP contribution < -0.4 is 0 Å². The lowest BCUT2D eigenvalue weighted by Gasteiger charge is -2.39. The SMILES string of the molecule is CC1CCCCN1CC1CCCN(Cc2cccc(F)c2)C1. The van der Waals surface area contributed by atoms with Crippen molar-refractivity contribution < 1.29 is 4.39 Å².